The number of ketones is 1. The summed E-state index contributed by atoms with van der Waals surface area (Å²) in [7, 11) is 2.02. The molecular weight excluding hydrogens is 245 g/mol. The zero-order valence-corrected chi connectivity index (χ0v) is 10.6. The first-order chi connectivity index (χ1) is 8.57. The minimum absolute atomic E-state index is 0.114. The van der Waals surface area contributed by atoms with Crippen LogP contribution in [0.25, 0.3) is 10.2 Å². The van der Waals surface area contributed by atoms with E-state index in [-0.39, 0.29) is 5.78 Å². The summed E-state index contributed by atoms with van der Waals surface area (Å²) in [5, 5.41) is 11.0. The van der Waals surface area contributed by atoms with Gasteiger partial charge in [-0.2, -0.15) is 0 Å². The largest absolute Gasteiger partial charge is 0.375 e. The molecule has 0 amide bonds. The Morgan fingerprint density at radius 3 is 2.72 bits per heavy atom. The Morgan fingerprint density at radius 2 is 2.00 bits per heavy atom. The van der Waals surface area contributed by atoms with Crippen LogP contribution in [0.15, 0.2) is 42.5 Å². The smallest absolute Gasteiger partial charge is 0.178 e. The lowest BCUT2D eigenvalue weighted by molar-refractivity contribution is -0.110. The zero-order valence-electron chi connectivity index (χ0n) is 9.75. The number of thiazole rings is 1. The SMILES string of the molecule is Bc1ccc2nc(C3(O)C=CC(=O)C=C3)sc2c1. The summed E-state index contributed by atoms with van der Waals surface area (Å²) in [6.07, 6.45) is 5.72. The van der Waals surface area contributed by atoms with Gasteiger partial charge >= 0.3 is 0 Å². The molecule has 0 saturated carbocycles. The van der Waals surface area contributed by atoms with Crippen LogP contribution in [0.4, 0.5) is 0 Å². The average Bonchev–Trinajstić information content (AvgIpc) is 2.77. The third-order valence-electron chi connectivity index (χ3n) is 2.89. The van der Waals surface area contributed by atoms with Crippen LogP contribution < -0.4 is 5.46 Å². The van der Waals surface area contributed by atoms with Gasteiger partial charge < -0.3 is 5.11 Å². The first-order valence-corrected chi connectivity index (χ1v) is 6.41. The summed E-state index contributed by atoms with van der Waals surface area (Å²) in [5.74, 6) is -0.114. The summed E-state index contributed by atoms with van der Waals surface area (Å²) >= 11 is 1.44. The summed E-state index contributed by atoms with van der Waals surface area (Å²) in [5.41, 5.74) is 0.771. The Kier molecular flexibility index (Phi) is 2.46. The molecular formula is C13H10BNO2S. The topological polar surface area (TPSA) is 50.2 Å². The fraction of sp³-hybridized carbons (Fsp3) is 0.0769. The first kappa shape index (κ1) is 11.4. The number of carbonyl (C=O) groups is 1. The van der Waals surface area contributed by atoms with Crippen LogP contribution in [-0.2, 0) is 10.4 Å². The maximum absolute atomic E-state index is 11.1. The third kappa shape index (κ3) is 1.81. The highest BCUT2D eigenvalue weighted by atomic mass is 32.1. The minimum atomic E-state index is -1.26. The van der Waals surface area contributed by atoms with E-state index < -0.39 is 5.60 Å². The highest BCUT2D eigenvalue weighted by Crippen LogP contribution is 2.33. The number of allylic oxidation sites excluding steroid dienone is 2. The molecule has 1 heterocycles. The third-order valence-corrected chi connectivity index (χ3v) is 4.05. The number of hydrogen-bond donors (Lipinski definition) is 1. The van der Waals surface area contributed by atoms with Crippen molar-refractivity contribution in [1.29, 1.82) is 0 Å². The van der Waals surface area contributed by atoms with Crippen molar-refractivity contribution in [2.45, 2.75) is 5.60 Å². The molecule has 88 valence electrons. The second-order valence-electron chi connectivity index (χ2n) is 4.38. The fourth-order valence-electron chi connectivity index (χ4n) is 1.88. The number of benzene rings is 1. The van der Waals surface area contributed by atoms with Gasteiger partial charge in [-0.15, -0.1) is 11.3 Å². The van der Waals surface area contributed by atoms with Gasteiger partial charge in [-0.05, 0) is 36.4 Å². The van der Waals surface area contributed by atoms with Crippen molar-refractivity contribution in [3.63, 3.8) is 0 Å². The molecule has 0 unspecified atom stereocenters. The van der Waals surface area contributed by atoms with Crippen molar-refractivity contribution >= 4 is 40.6 Å². The van der Waals surface area contributed by atoms with Gasteiger partial charge in [0.1, 0.15) is 12.9 Å². The molecule has 0 saturated heterocycles. The van der Waals surface area contributed by atoms with Crippen LogP contribution in [0, 0.1) is 0 Å². The van der Waals surface area contributed by atoms with E-state index in [0.717, 1.165) is 15.7 Å². The lowest BCUT2D eigenvalue weighted by atomic mass is 9.96. The van der Waals surface area contributed by atoms with Crippen molar-refractivity contribution in [1.82, 2.24) is 4.98 Å². The Balaban J connectivity index is 2.12. The van der Waals surface area contributed by atoms with Crippen LogP contribution >= 0.6 is 11.3 Å². The highest BCUT2D eigenvalue weighted by molar-refractivity contribution is 7.18. The second kappa shape index (κ2) is 3.90. The molecule has 2 aromatic rings. The molecule has 0 fully saturated rings. The first-order valence-electron chi connectivity index (χ1n) is 5.59. The van der Waals surface area contributed by atoms with Crippen molar-refractivity contribution < 1.29 is 9.90 Å². The molecule has 1 aromatic heterocycles. The van der Waals surface area contributed by atoms with E-state index >= 15 is 0 Å². The number of hydrogen-bond acceptors (Lipinski definition) is 4. The van der Waals surface area contributed by atoms with Crippen LogP contribution in [0.1, 0.15) is 5.01 Å². The molecule has 1 N–H and O–H groups in total. The predicted molar refractivity (Wildman–Crippen MR) is 75.0 cm³/mol. The minimum Gasteiger partial charge on any atom is -0.375 e. The molecule has 1 aliphatic carbocycles. The second-order valence-corrected chi connectivity index (χ2v) is 5.42. The molecule has 5 heteroatoms. The van der Waals surface area contributed by atoms with Gasteiger partial charge in [0.05, 0.1) is 10.2 Å². The van der Waals surface area contributed by atoms with Gasteiger partial charge in [-0.25, -0.2) is 4.98 Å². The number of aliphatic hydroxyl groups is 1. The Bertz CT molecular complexity index is 686. The Morgan fingerprint density at radius 1 is 1.28 bits per heavy atom. The monoisotopic (exact) mass is 255 g/mol. The van der Waals surface area contributed by atoms with Crippen molar-refractivity contribution in [2.75, 3.05) is 0 Å². The number of nitrogens with zero attached hydrogens (tertiary/aromatic N) is 1. The van der Waals surface area contributed by atoms with E-state index in [1.807, 2.05) is 26.0 Å². The maximum atomic E-state index is 11.1. The number of fused-ring (bicyclic) bond motifs is 1. The van der Waals surface area contributed by atoms with Gasteiger partial charge in [0.25, 0.3) is 0 Å². The van der Waals surface area contributed by atoms with E-state index in [1.54, 1.807) is 0 Å². The summed E-state index contributed by atoms with van der Waals surface area (Å²) in [6.45, 7) is 0. The predicted octanol–water partition coefficient (Wildman–Crippen LogP) is 0.437. The Labute approximate surface area is 109 Å². The van der Waals surface area contributed by atoms with Crippen molar-refractivity contribution in [3.05, 3.63) is 47.5 Å². The molecule has 0 atom stereocenters. The highest BCUT2D eigenvalue weighted by Gasteiger charge is 2.29. The van der Waals surface area contributed by atoms with E-state index in [2.05, 4.69) is 4.98 Å². The lowest BCUT2D eigenvalue weighted by Crippen LogP contribution is -2.22. The standard InChI is InChI=1S/C13H10BNO2S/c14-8-1-2-10-11(7-8)18-12(15-10)13(17)5-3-9(16)4-6-13/h1-7,17H,14H2. The number of carbonyl (C=O) groups excluding carboxylic acids is 1. The molecule has 0 aliphatic heterocycles. The van der Waals surface area contributed by atoms with E-state index in [1.165, 1.54) is 35.6 Å². The fourth-order valence-corrected chi connectivity index (χ4v) is 2.99. The van der Waals surface area contributed by atoms with Crippen LogP contribution in [-0.4, -0.2) is 23.7 Å². The van der Waals surface area contributed by atoms with Gasteiger partial charge in [0.15, 0.2) is 11.4 Å². The molecule has 0 spiro atoms. The normalized spacial score (nSPS) is 17.5. The van der Waals surface area contributed by atoms with Crippen LogP contribution in [0.5, 0.6) is 0 Å². The molecule has 3 nitrogen and oxygen atoms in total. The van der Waals surface area contributed by atoms with Gasteiger partial charge in [0.2, 0.25) is 0 Å². The number of rotatable bonds is 1. The van der Waals surface area contributed by atoms with Gasteiger partial charge in [-0.1, -0.05) is 11.5 Å². The van der Waals surface area contributed by atoms with E-state index in [9.17, 15) is 9.90 Å². The van der Waals surface area contributed by atoms with Gasteiger partial charge in [-0.3, -0.25) is 4.79 Å². The van der Waals surface area contributed by atoms with Crippen molar-refractivity contribution in [3.8, 4) is 0 Å². The molecule has 1 aromatic carbocycles. The number of aromatic nitrogens is 1. The Hall–Kier alpha value is -1.72. The molecule has 0 bridgehead atoms. The molecule has 0 radical (unpaired) electrons. The van der Waals surface area contributed by atoms with Gasteiger partial charge in [0, 0.05) is 0 Å². The maximum Gasteiger partial charge on any atom is 0.178 e. The van der Waals surface area contributed by atoms with Crippen LogP contribution in [0.3, 0.4) is 0 Å². The van der Waals surface area contributed by atoms with E-state index in [0.29, 0.717) is 5.01 Å². The molecule has 3 rings (SSSR count). The van der Waals surface area contributed by atoms with E-state index in [4.69, 9.17) is 0 Å². The lowest BCUT2D eigenvalue weighted by Gasteiger charge is -2.19. The zero-order chi connectivity index (χ0) is 12.8. The quantitative estimate of drug-likeness (QED) is 0.752. The molecule has 18 heavy (non-hydrogen) atoms. The van der Waals surface area contributed by atoms with Crippen molar-refractivity contribution in [2.24, 2.45) is 0 Å². The molecule has 1 aliphatic rings. The average molecular weight is 255 g/mol. The summed E-state index contributed by atoms with van der Waals surface area (Å²) in [4.78, 5) is 15.5. The van der Waals surface area contributed by atoms with Crippen LogP contribution in [0.2, 0.25) is 0 Å². The summed E-state index contributed by atoms with van der Waals surface area (Å²) in [6, 6.07) is 5.97. The summed E-state index contributed by atoms with van der Waals surface area (Å²) < 4.78 is 1.04.